The van der Waals surface area contributed by atoms with Crippen LogP contribution in [0.2, 0.25) is 10.0 Å². The van der Waals surface area contributed by atoms with Crippen LogP contribution in [0.1, 0.15) is 31.2 Å². The summed E-state index contributed by atoms with van der Waals surface area (Å²) in [6.45, 7) is 4.59. The van der Waals surface area contributed by atoms with Crippen molar-refractivity contribution in [2.45, 2.75) is 33.2 Å². The Kier molecular flexibility index (Phi) is 4.44. The summed E-state index contributed by atoms with van der Waals surface area (Å²) in [7, 11) is 1.84. The average molecular weight is 402 g/mol. The number of benzene rings is 2. The second-order valence-electron chi connectivity index (χ2n) is 7.58. The molecule has 0 aliphatic heterocycles. The van der Waals surface area contributed by atoms with E-state index in [1.54, 1.807) is 11.0 Å². The molecule has 1 aliphatic carbocycles. The molecule has 1 aromatic heterocycles. The number of nitrogens with zero attached hydrogens (tertiary/aromatic N) is 3. The molecular weight excluding hydrogens is 381 g/mol. The van der Waals surface area contributed by atoms with E-state index in [1.807, 2.05) is 51.2 Å². The van der Waals surface area contributed by atoms with Gasteiger partial charge in [-0.15, -0.1) is 0 Å². The Morgan fingerprint density at radius 1 is 1.22 bits per heavy atom. The second-order valence-corrected chi connectivity index (χ2v) is 8.42. The van der Waals surface area contributed by atoms with Gasteiger partial charge in [0.25, 0.3) is 0 Å². The molecule has 4 rings (SSSR count). The van der Waals surface area contributed by atoms with Crippen LogP contribution in [-0.4, -0.2) is 22.5 Å². The van der Waals surface area contributed by atoms with E-state index in [-0.39, 0.29) is 11.3 Å². The minimum atomic E-state index is -0.192. The van der Waals surface area contributed by atoms with Crippen LogP contribution in [0.25, 0.3) is 11.0 Å². The van der Waals surface area contributed by atoms with Gasteiger partial charge in [0.2, 0.25) is 5.91 Å². The van der Waals surface area contributed by atoms with Crippen LogP contribution >= 0.6 is 23.2 Å². The first kappa shape index (κ1) is 18.3. The number of rotatable bonds is 4. The Bertz CT molecular complexity index is 1050. The van der Waals surface area contributed by atoms with Gasteiger partial charge < -0.3 is 9.47 Å². The maximum absolute atomic E-state index is 12.6. The van der Waals surface area contributed by atoms with Crippen LogP contribution < -0.4 is 4.90 Å². The number of fused-ring (bicyclic) bond motifs is 1. The highest BCUT2D eigenvalue weighted by Crippen LogP contribution is 2.47. The smallest absolute Gasteiger partial charge is 0.232 e. The van der Waals surface area contributed by atoms with E-state index in [0.29, 0.717) is 16.6 Å². The SMILES string of the molecule is Cc1nc2cc(N(C)C(=O)C3(C)CC3)ccc2n1Cc1cc(Cl)ccc1Cl. The molecule has 0 radical (unpaired) electrons. The highest BCUT2D eigenvalue weighted by atomic mass is 35.5. The Balaban J connectivity index is 1.69. The molecule has 1 amide bonds. The number of amides is 1. The van der Waals surface area contributed by atoms with Gasteiger partial charge in [0.1, 0.15) is 5.82 Å². The summed E-state index contributed by atoms with van der Waals surface area (Å²) in [6, 6.07) is 11.4. The summed E-state index contributed by atoms with van der Waals surface area (Å²) >= 11 is 12.5. The van der Waals surface area contributed by atoms with Crippen molar-refractivity contribution in [3.63, 3.8) is 0 Å². The third-order valence-corrected chi connectivity index (χ3v) is 6.07. The molecule has 3 aromatic rings. The normalized spacial score (nSPS) is 15.1. The maximum Gasteiger partial charge on any atom is 0.232 e. The van der Waals surface area contributed by atoms with E-state index < -0.39 is 0 Å². The van der Waals surface area contributed by atoms with E-state index in [1.165, 1.54) is 0 Å². The fourth-order valence-corrected chi connectivity index (χ4v) is 3.78. The van der Waals surface area contributed by atoms with Crippen LogP contribution in [0.4, 0.5) is 5.69 Å². The molecule has 140 valence electrons. The van der Waals surface area contributed by atoms with Crippen molar-refractivity contribution in [2.24, 2.45) is 5.41 Å². The first-order chi connectivity index (χ1) is 12.8. The molecule has 27 heavy (non-hydrogen) atoms. The third kappa shape index (κ3) is 3.32. The Morgan fingerprint density at radius 2 is 1.96 bits per heavy atom. The summed E-state index contributed by atoms with van der Waals surface area (Å²) in [5.41, 5.74) is 3.49. The quantitative estimate of drug-likeness (QED) is 0.581. The predicted molar refractivity (Wildman–Crippen MR) is 111 cm³/mol. The summed E-state index contributed by atoms with van der Waals surface area (Å²) in [5, 5.41) is 1.34. The van der Waals surface area contributed by atoms with Crippen molar-refractivity contribution in [1.29, 1.82) is 0 Å². The molecule has 1 heterocycles. The lowest BCUT2D eigenvalue weighted by atomic mass is 10.1. The van der Waals surface area contributed by atoms with Crippen LogP contribution in [0, 0.1) is 12.3 Å². The number of hydrogen-bond acceptors (Lipinski definition) is 2. The monoisotopic (exact) mass is 401 g/mol. The zero-order chi connectivity index (χ0) is 19.3. The lowest BCUT2D eigenvalue weighted by molar-refractivity contribution is -0.122. The standard InChI is InChI=1S/C21H21Cl2N3O/c1-13-24-18-11-16(25(3)20(27)21(2)8-9-21)5-7-19(18)26(13)12-14-10-15(22)4-6-17(14)23/h4-7,10-11H,8-9,12H2,1-3H3. The topological polar surface area (TPSA) is 38.1 Å². The zero-order valence-corrected chi connectivity index (χ0v) is 17.1. The van der Waals surface area contributed by atoms with E-state index in [0.717, 1.165) is 41.0 Å². The van der Waals surface area contributed by atoms with Crippen LogP contribution in [0.5, 0.6) is 0 Å². The fourth-order valence-electron chi connectivity index (χ4n) is 3.41. The lowest BCUT2D eigenvalue weighted by Crippen LogP contribution is -2.32. The van der Waals surface area contributed by atoms with Crippen LogP contribution in [-0.2, 0) is 11.3 Å². The van der Waals surface area contributed by atoms with Gasteiger partial charge in [0.05, 0.1) is 17.6 Å². The molecule has 6 heteroatoms. The number of halogens is 2. The first-order valence-electron chi connectivity index (χ1n) is 8.97. The molecule has 4 nitrogen and oxygen atoms in total. The minimum absolute atomic E-state index is 0.170. The van der Waals surface area contributed by atoms with Crippen molar-refractivity contribution in [3.8, 4) is 0 Å². The van der Waals surface area contributed by atoms with Crippen molar-refractivity contribution < 1.29 is 4.79 Å². The predicted octanol–water partition coefficient (Wildman–Crippen LogP) is 5.46. The second kappa shape index (κ2) is 6.54. The molecule has 0 saturated heterocycles. The average Bonchev–Trinajstić information content (AvgIpc) is 3.32. The number of anilines is 1. The van der Waals surface area contributed by atoms with Crippen LogP contribution in [0.15, 0.2) is 36.4 Å². The van der Waals surface area contributed by atoms with Gasteiger partial charge >= 0.3 is 0 Å². The number of imidazole rings is 1. The van der Waals surface area contributed by atoms with E-state index in [4.69, 9.17) is 28.2 Å². The molecule has 0 N–H and O–H groups in total. The zero-order valence-electron chi connectivity index (χ0n) is 15.6. The minimum Gasteiger partial charge on any atom is -0.324 e. The van der Waals surface area contributed by atoms with Gasteiger partial charge in [-0.05, 0) is 61.7 Å². The lowest BCUT2D eigenvalue weighted by Gasteiger charge is -2.21. The number of aryl methyl sites for hydroxylation is 1. The number of carbonyl (C=O) groups is 1. The molecule has 0 unspecified atom stereocenters. The number of aromatic nitrogens is 2. The summed E-state index contributed by atoms with van der Waals surface area (Å²) in [4.78, 5) is 19.1. The Hall–Kier alpha value is -2.04. The molecule has 0 spiro atoms. The summed E-state index contributed by atoms with van der Waals surface area (Å²) in [6.07, 6.45) is 1.93. The largest absolute Gasteiger partial charge is 0.324 e. The summed E-state index contributed by atoms with van der Waals surface area (Å²) in [5.74, 6) is 1.06. The Morgan fingerprint density at radius 3 is 2.67 bits per heavy atom. The van der Waals surface area contributed by atoms with Crippen molar-refractivity contribution in [2.75, 3.05) is 11.9 Å². The maximum atomic E-state index is 12.6. The van der Waals surface area contributed by atoms with E-state index in [9.17, 15) is 4.79 Å². The van der Waals surface area contributed by atoms with Gasteiger partial charge in [0, 0.05) is 28.2 Å². The van der Waals surface area contributed by atoms with Crippen LogP contribution in [0.3, 0.4) is 0 Å². The van der Waals surface area contributed by atoms with Crippen molar-refractivity contribution in [1.82, 2.24) is 9.55 Å². The van der Waals surface area contributed by atoms with Gasteiger partial charge in [-0.2, -0.15) is 0 Å². The van der Waals surface area contributed by atoms with E-state index in [2.05, 4.69) is 4.57 Å². The number of carbonyl (C=O) groups excluding carboxylic acids is 1. The molecular formula is C21H21Cl2N3O. The van der Waals surface area contributed by atoms with Gasteiger partial charge in [-0.3, -0.25) is 4.79 Å². The highest BCUT2D eigenvalue weighted by molar-refractivity contribution is 6.33. The Labute approximate surface area is 168 Å². The molecule has 0 bridgehead atoms. The van der Waals surface area contributed by atoms with Crippen molar-refractivity contribution in [3.05, 3.63) is 57.8 Å². The van der Waals surface area contributed by atoms with Gasteiger partial charge in [0.15, 0.2) is 0 Å². The van der Waals surface area contributed by atoms with Gasteiger partial charge in [-0.1, -0.05) is 30.1 Å². The fraction of sp³-hybridized carbons (Fsp3) is 0.333. The first-order valence-corrected chi connectivity index (χ1v) is 9.73. The molecule has 1 fully saturated rings. The molecule has 1 aliphatic rings. The number of hydrogen-bond donors (Lipinski definition) is 0. The molecule has 1 saturated carbocycles. The summed E-state index contributed by atoms with van der Waals surface area (Å²) < 4.78 is 2.11. The van der Waals surface area contributed by atoms with Crippen molar-refractivity contribution >= 4 is 45.8 Å². The highest BCUT2D eigenvalue weighted by Gasteiger charge is 2.46. The molecule has 2 aromatic carbocycles. The molecule has 0 atom stereocenters. The van der Waals surface area contributed by atoms with Gasteiger partial charge in [-0.25, -0.2) is 4.98 Å². The third-order valence-electron chi connectivity index (χ3n) is 5.47. The van der Waals surface area contributed by atoms with E-state index >= 15 is 0 Å².